The largest absolute Gasteiger partial charge is 0.465 e. The van der Waals surface area contributed by atoms with Gasteiger partial charge in [-0.25, -0.2) is 9.78 Å². The number of aryl methyl sites for hydroxylation is 2. The van der Waals surface area contributed by atoms with E-state index in [4.69, 9.17) is 14.1 Å². The molecule has 6 nitrogen and oxygen atoms in total. The molecule has 1 saturated heterocycles. The fourth-order valence-corrected chi connectivity index (χ4v) is 4.36. The molecule has 1 aromatic heterocycles. The average Bonchev–Trinajstić information content (AvgIpc) is 3.22. The van der Waals surface area contributed by atoms with Crippen molar-refractivity contribution in [3.05, 3.63) is 77.2 Å². The van der Waals surface area contributed by atoms with Crippen molar-refractivity contribution >= 4 is 11.8 Å². The molecule has 4 rings (SSSR count). The molecule has 1 aliphatic rings. The van der Waals surface area contributed by atoms with Crippen LogP contribution in [0.3, 0.4) is 0 Å². The molecule has 0 N–H and O–H groups in total. The molecule has 0 saturated carbocycles. The molecule has 0 bridgehead atoms. The number of hydrogen-bond acceptors (Lipinski definition) is 6. The van der Waals surface area contributed by atoms with Crippen molar-refractivity contribution < 1.29 is 18.7 Å². The number of esters is 1. The van der Waals surface area contributed by atoms with Crippen LogP contribution in [0.5, 0.6) is 0 Å². The van der Waals surface area contributed by atoms with Gasteiger partial charge in [-0.1, -0.05) is 30.3 Å². The number of likely N-dealkylation sites (tertiary alicyclic amines) is 1. The normalized spacial score (nSPS) is 16.5. The van der Waals surface area contributed by atoms with Crippen LogP contribution in [0, 0.1) is 12.8 Å². The lowest BCUT2D eigenvalue weighted by molar-refractivity contribution is -0.124. The summed E-state index contributed by atoms with van der Waals surface area (Å²) in [6.07, 6.45) is 3.37. The number of oxazole rings is 1. The molecule has 3 aromatic rings. The van der Waals surface area contributed by atoms with E-state index in [-0.39, 0.29) is 11.9 Å². The first-order valence-electron chi connectivity index (χ1n) is 11.5. The highest BCUT2D eigenvalue weighted by Gasteiger charge is 2.26. The van der Waals surface area contributed by atoms with Gasteiger partial charge in [0.1, 0.15) is 11.5 Å². The number of benzene rings is 2. The van der Waals surface area contributed by atoms with Crippen LogP contribution in [0.15, 0.2) is 59.0 Å². The van der Waals surface area contributed by atoms with Crippen molar-refractivity contribution in [2.75, 3.05) is 20.2 Å². The van der Waals surface area contributed by atoms with Gasteiger partial charge in [-0.3, -0.25) is 9.69 Å². The first-order chi connectivity index (χ1) is 16.0. The summed E-state index contributed by atoms with van der Waals surface area (Å²) in [5.74, 6) is 1.38. The lowest BCUT2D eigenvalue weighted by Crippen LogP contribution is -2.38. The van der Waals surface area contributed by atoms with E-state index in [9.17, 15) is 9.59 Å². The van der Waals surface area contributed by atoms with Gasteiger partial charge in [-0.15, -0.1) is 0 Å². The van der Waals surface area contributed by atoms with Crippen molar-refractivity contribution in [1.82, 2.24) is 9.88 Å². The van der Waals surface area contributed by atoms with Crippen molar-refractivity contribution in [1.29, 1.82) is 0 Å². The van der Waals surface area contributed by atoms with E-state index in [0.29, 0.717) is 30.2 Å². The van der Waals surface area contributed by atoms with E-state index in [2.05, 4.69) is 17.0 Å². The number of piperidine rings is 1. The zero-order valence-corrected chi connectivity index (χ0v) is 19.3. The molecule has 1 aliphatic heterocycles. The van der Waals surface area contributed by atoms with Crippen molar-refractivity contribution in [2.24, 2.45) is 5.92 Å². The van der Waals surface area contributed by atoms with Gasteiger partial charge in [0.05, 0.1) is 18.4 Å². The van der Waals surface area contributed by atoms with E-state index in [1.165, 1.54) is 12.7 Å². The fraction of sp³-hybridized carbons (Fsp3) is 0.370. The number of Topliss-reactive ketones (excluding diaryl/α,β-unsaturated/α-hetero) is 1. The van der Waals surface area contributed by atoms with Gasteiger partial charge < -0.3 is 9.15 Å². The number of rotatable bonds is 8. The van der Waals surface area contributed by atoms with Gasteiger partial charge in [0.2, 0.25) is 5.89 Å². The number of ketones is 1. The Morgan fingerprint density at radius 2 is 1.88 bits per heavy atom. The Morgan fingerprint density at radius 3 is 2.61 bits per heavy atom. The molecule has 0 amide bonds. The second kappa shape index (κ2) is 10.6. The first kappa shape index (κ1) is 22.9. The Morgan fingerprint density at radius 1 is 1.12 bits per heavy atom. The molecule has 33 heavy (non-hydrogen) atoms. The van der Waals surface area contributed by atoms with Crippen LogP contribution in [0.4, 0.5) is 0 Å². The molecule has 0 unspecified atom stereocenters. The minimum absolute atomic E-state index is 0.0833. The summed E-state index contributed by atoms with van der Waals surface area (Å²) in [6, 6.07) is 17.2. The van der Waals surface area contributed by atoms with Crippen LogP contribution in [0.25, 0.3) is 11.5 Å². The zero-order valence-electron chi connectivity index (χ0n) is 19.3. The van der Waals surface area contributed by atoms with E-state index < -0.39 is 0 Å². The number of aromatic nitrogens is 1. The molecule has 0 aliphatic carbocycles. The smallest absolute Gasteiger partial charge is 0.337 e. The van der Waals surface area contributed by atoms with E-state index in [1.54, 1.807) is 12.1 Å². The number of methoxy groups -OCH3 is 1. The molecule has 0 radical (unpaired) electrons. The summed E-state index contributed by atoms with van der Waals surface area (Å²) in [4.78, 5) is 31.5. The lowest BCUT2D eigenvalue weighted by atomic mass is 9.90. The van der Waals surface area contributed by atoms with Gasteiger partial charge in [-0.05, 0) is 62.6 Å². The Labute approximate surface area is 194 Å². The Hall–Kier alpha value is -3.25. The van der Waals surface area contributed by atoms with Gasteiger partial charge in [-0.2, -0.15) is 0 Å². The van der Waals surface area contributed by atoms with E-state index in [1.807, 2.05) is 37.3 Å². The van der Waals surface area contributed by atoms with Gasteiger partial charge in [0, 0.05) is 31.0 Å². The number of nitrogens with zero attached hydrogens (tertiary/aromatic N) is 2. The van der Waals surface area contributed by atoms with E-state index in [0.717, 1.165) is 49.4 Å². The molecule has 1 atom stereocenters. The maximum atomic E-state index is 12.8. The number of carbonyl (C=O) groups is 2. The minimum atomic E-state index is -0.371. The van der Waals surface area contributed by atoms with Gasteiger partial charge >= 0.3 is 5.97 Å². The van der Waals surface area contributed by atoms with Gasteiger partial charge in [0.25, 0.3) is 0 Å². The summed E-state index contributed by atoms with van der Waals surface area (Å²) >= 11 is 0. The Balaban J connectivity index is 1.36. The highest BCUT2D eigenvalue weighted by Crippen LogP contribution is 2.26. The summed E-state index contributed by atoms with van der Waals surface area (Å²) < 4.78 is 10.7. The van der Waals surface area contributed by atoms with Crippen LogP contribution in [0.1, 0.15) is 46.6 Å². The predicted octanol–water partition coefficient (Wildman–Crippen LogP) is 4.85. The van der Waals surface area contributed by atoms with Crippen molar-refractivity contribution in [3.8, 4) is 11.5 Å². The molecular formula is C27H30N2O4. The standard InChI is InChI=1S/C27H30N2O4/c1-19-24(28-26(33-19)21-11-13-22(14-12-21)27(31)32-2)18-29-16-6-9-23(17-29)25(30)15-10-20-7-4-3-5-8-20/h3-5,7-8,11-14,23H,6,9-10,15-18H2,1-2H3/t23-/m1/s1. The van der Waals surface area contributed by atoms with Crippen molar-refractivity contribution in [3.63, 3.8) is 0 Å². The second-order valence-corrected chi connectivity index (χ2v) is 8.62. The maximum absolute atomic E-state index is 12.8. The topological polar surface area (TPSA) is 72.6 Å². The number of carbonyl (C=O) groups excluding carboxylic acids is 2. The highest BCUT2D eigenvalue weighted by atomic mass is 16.5. The highest BCUT2D eigenvalue weighted by molar-refractivity contribution is 5.89. The van der Waals surface area contributed by atoms with Crippen LogP contribution >= 0.6 is 0 Å². The number of hydrogen-bond donors (Lipinski definition) is 0. The monoisotopic (exact) mass is 446 g/mol. The lowest BCUT2D eigenvalue weighted by Gasteiger charge is -2.31. The molecule has 6 heteroatoms. The predicted molar refractivity (Wildman–Crippen MR) is 126 cm³/mol. The van der Waals surface area contributed by atoms with Crippen LogP contribution in [-0.4, -0.2) is 41.8 Å². The number of ether oxygens (including phenoxy) is 1. The fourth-order valence-electron chi connectivity index (χ4n) is 4.36. The summed E-state index contributed by atoms with van der Waals surface area (Å²) in [5.41, 5.74) is 3.40. The quantitative estimate of drug-likeness (QED) is 0.461. The third kappa shape index (κ3) is 5.76. The van der Waals surface area contributed by atoms with Crippen LogP contribution in [-0.2, 0) is 22.5 Å². The SMILES string of the molecule is COC(=O)c1ccc(-c2nc(CN3CCC[C@@H](C(=O)CCc4ccccc4)C3)c(C)o2)cc1. The second-order valence-electron chi connectivity index (χ2n) is 8.62. The third-order valence-electron chi connectivity index (χ3n) is 6.28. The zero-order chi connectivity index (χ0) is 23.2. The average molecular weight is 447 g/mol. The van der Waals surface area contributed by atoms with Crippen LogP contribution in [0.2, 0.25) is 0 Å². The van der Waals surface area contributed by atoms with Gasteiger partial charge in [0.15, 0.2) is 0 Å². The van der Waals surface area contributed by atoms with Crippen LogP contribution < -0.4 is 0 Å². The summed E-state index contributed by atoms with van der Waals surface area (Å²) in [7, 11) is 1.36. The molecule has 2 aromatic carbocycles. The Kier molecular flexibility index (Phi) is 7.35. The third-order valence-corrected chi connectivity index (χ3v) is 6.28. The molecule has 2 heterocycles. The molecule has 172 valence electrons. The summed E-state index contributed by atoms with van der Waals surface area (Å²) in [5, 5.41) is 0. The molecule has 0 spiro atoms. The Bertz CT molecular complexity index is 1090. The summed E-state index contributed by atoms with van der Waals surface area (Å²) in [6.45, 7) is 4.31. The maximum Gasteiger partial charge on any atom is 0.337 e. The minimum Gasteiger partial charge on any atom is -0.465 e. The first-order valence-corrected chi connectivity index (χ1v) is 11.5. The molecule has 1 fully saturated rings. The molecular weight excluding hydrogens is 416 g/mol. The van der Waals surface area contributed by atoms with Crippen molar-refractivity contribution in [2.45, 2.75) is 39.2 Å². The van der Waals surface area contributed by atoms with E-state index >= 15 is 0 Å².